The van der Waals surface area contributed by atoms with E-state index in [4.69, 9.17) is 15.5 Å². The smallest absolute Gasteiger partial charge is 0.163 e. The first-order chi connectivity index (χ1) is 18.0. The molecule has 9 heteroatoms. The van der Waals surface area contributed by atoms with E-state index < -0.39 is 17.0 Å². The van der Waals surface area contributed by atoms with Crippen molar-refractivity contribution in [2.45, 2.75) is 43.7 Å². The van der Waals surface area contributed by atoms with Gasteiger partial charge >= 0.3 is 0 Å². The van der Waals surface area contributed by atoms with Gasteiger partial charge in [0.25, 0.3) is 0 Å². The summed E-state index contributed by atoms with van der Waals surface area (Å²) in [6.07, 6.45) is 3.36. The molecule has 2 atom stereocenters. The molecule has 3 heterocycles. The lowest BCUT2D eigenvalue weighted by Crippen LogP contribution is -2.35. The molecule has 38 heavy (non-hydrogen) atoms. The van der Waals surface area contributed by atoms with Crippen molar-refractivity contribution in [3.8, 4) is 17.0 Å². The number of carbonyl (C=O) groups excluding carboxylic acids is 1. The zero-order chi connectivity index (χ0) is 26.8. The fourth-order valence-electron chi connectivity index (χ4n) is 5.35. The molecule has 0 unspecified atom stereocenters. The van der Waals surface area contributed by atoms with Crippen LogP contribution < -0.4 is 10.5 Å². The third-order valence-electron chi connectivity index (χ3n) is 7.65. The number of pyridine rings is 1. The molecule has 3 N–H and O–H groups in total. The number of rotatable bonds is 7. The number of fused-ring (bicyclic) bond motifs is 2. The standard InChI is InChI=1S/C29H28F2N4O3/c1-28(32)15-38-27-21(28)13-24(33-26(27)16-3-7-20(30)8-4-16)29(37,19-5-6-19)10-9-23(36)17-11-18-14-35(2)34-25(18)22(31)12-17/h3-4,7-8,11-14,19,37H,5-6,9-10,15,32H2,1-2H3/t28-,29+/m0/s1. The van der Waals surface area contributed by atoms with Crippen LogP contribution in [0.5, 0.6) is 5.75 Å². The van der Waals surface area contributed by atoms with Gasteiger partial charge in [-0.2, -0.15) is 5.10 Å². The molecule has 1 fully saturated rings. The second kappa shape index (κ2) is 8.68. The van der Waals surface area contributed by atoms with Crippen LogP contribution in [0.2, 0.25) is 0 Å². The van der Waals surface area contributed by atoms with Crippen molar-refractivity contribution in [1.29, 1.82) is 0 Å². The van der Waals surface area contributed by atoms with Crippen molar-refractivity contribution in [3.05, 3.63) is 77.1 Å². The Hall–Kier alpha value is -3.69. The van der Waals surface area contributed by atoms with Crippen molar-refractivity contribution in [3.63, 3.8) is 0 Å². The highest BCUT2D eigenvalue weighted by atomic mass is 19.1. The SMILES string of the molecule is Cn1cc2cc(C(=O)CC[C@](O)(c3cc4c(c(-c5ccc(F)cc5)n3)OC[C@]4(C)N)C3CC3)cc(F)c2n1. The van der Waals surface area contributed by atoms with Gasteiger partial charge < -0.3 is 15.6 Å². The highest BCUT2D eigenvalue weighted by Gasteiger charge is 2.48. The van der Waals surface area contributed by atoms with Gasteiger partial charge in [-0.05, 0) is 74.6 Å². The molecule has 0 bridgehead atoms. The summed E-state index contributed by atoms with van der Waals surface area (Å²) < 4.78 is 35.7. The third-order valence-corrected chi connectivity index (χ3v) is 7.65. The number of Topliss-reactive ketones (excluding diaryl/α,β-unsaturated/α-hetero) is 1. The van der Waals surface area contributed by atoms with Gasteiger partial charge in [0.15, 0.2) is 17.3 Å². The molecular weight excluding hydrogens is 490 g/mol. The summed E-state index contributed by atoms with van der Waals surface area (Å²) in [6.45, 7) is 2.09. The Labute approximate surface area is 218 Å². The maximum Gasteiger partial charge on any atom is 0.163 e. The zero-order valence-corrected chi connectivity index (χ0v) is 21.2. The van der Waals surface area contributed by atoms with Gasteiger partial charge in [-0.15, -0.1) is 0 Å². The number of aromatic nitrogens is 3. The minimum absolute atomic E-state index is 0.000746. The van der Waals surface area contributed by atoms with Crippen LogP contribution >= 0.6 is 0 Å². The van der Waals surface area contributed by atoms with Crippen molar-refractivity contribution >= 4 is 16.7 Å². The first-order valence-electron chi connectivity index (χ1n) is 12.7. The maximum absolute atomic E-state index is 14.6. The number of halogens is 2. The Morgan fingerprint density at radius 1 is 1.24 bits per heavy atom. The van der Waals surface area contributed by atoms with E-state index in [0.717, 1.165) is 12.8 Å². The fraction of sp³-hybridized carbons (Fsp3) is 0.345. The molecule has 1 aliphatic heterocycles. The molecule has 7 nitrogen and oxygen atoms in total. The number of carbonyl (C=O) groups is 1. The van der Waals surface area contributed by atoms with E-state index in [1.807, 2.05) is 6.92 Å². The van der Waals surface area contributed by atoms with Gasteiger partial charge in [0.1, 0.15) is 29.2 Å². The fourth-order valence-corrected chi connectivity index (χ4v) is 5.35. The van der Waals surface area contributed by atoms with E-state index in [-0.39, 0.29) is 48.0 Å². The van der Waals surface area contributed by atoms with Crippen LogP contribution in [0.3, 0.4) is 0 Å². The molecule has 4 aromatic rings. The van der Waals surface area contributed by atoms with Crippen LogP contribution in [0.1, 0.15) is 54.2 Å². The number of hydrogen-bond acceptors (Lipinski definition) is 6. The number of nitrogens with zero attached hydrogens (tertiary/aromatic N) is 3. The van der Waals surface area contributed by atoms with Gasteiger partial charge in [-0.25, -0.2) is 13.8 Å². The lowest BCUT2D eigenvalue weighted by molar-refractivity contribution is -0.00116. The summed E-state index contributed by atoms with van der Waals surface area (Å²) in [6, 6.07) is 10.5. The van der Waals surface area contributed by atoms with Crippen molar-refractivity contribution in [1.82, 2.24) is 14.8 Å². The lowest BCUT2D eigenvalue weighted by atomic mass is 9.83. The third kappa shape index (κ3) is 4.16. The molecular formula is C29H28F2N4O3. The second-order valence-electron chi connectivity index (χ2n) is 10.8. The summed E-state index contributed by atoms with van der Waals surface area (Å²) in [4.78, 5) is 18.0. The summed E-state index contributed by atoms with van der Waals surface area (Å²) >= 11 is 0. The molecule has 2 aliphatic rings. The molecule has 0 radical (unpaired) electrons. The van der Waals surface area contributed by atoms with E-state index in [2.05, 4.69) is 5.10 Å². The number of aryl methyl sites for hydroxylation is 1. The number of hydrogen-bond donors (Lipinski definition) is 2. The zero-order valence-electron chi connectivity index (χ0n) is 21.2. The number of benzene rings is 2. The van der Waals surface area contributed by atoms with E-state index in [0.29, 0.717) is 33.7 Å². The van der Waals surface area contributed by atoms with Gasteiger partial charge in [-0.1, -0.05) is 0 Å². The van der Waals surface area contributed by atoms with Gasteiger partial charge in [0.05, 0.1) is 11.2 Å². The lowest BCUT2D eigenvalue weighted by Gasteiger charge is -2.29. The molecule has 0 amide bonds. The van der Waals surface area contributed by atoms with Crippen LogP contribution in [0.4, 0.5) is 8.78 Å². The van der Waals surface area contributed by atoms with Crippen LogP contribution in [0.15, 0.2) is 48.7 Å². The summed E-state index contributed by atoms with van der Waals surface area (Å²) in [5.41, 5.74) is 6.99. The van der Waals surface area contributed by atoms with Gasteiger partial charge in [0.2, 0.25) is 0 Å². The number of nitrogens with two attached hydrogens (primary N) is 1. The minimum atomic E-state index is -1.39. The van der Waals surface area contributed by atoms with Crippen LogP contribution in [-0.4, -0.2) is 32.3 Å². The monoisotopic (exact) mass is 518 g/mol. The van der Waals surface area contributed by atoms with Crippen LogP contribution in [0, 0.1) is 17.6 Å². The largest absolute Gasteiger partial charge is 0.489 e. The van der Waals surface area contributed by atoms with Crippen LogP contribution in [0.25, 0.3) is 22.2 Å². The summed E-state index contributed by atoms with van der Waals surface area (Å²) in [7, 11) is 1.69. The minimum Gasteiger partial charge on any atom is -0.489 e. The van der Waals surface area contributed by atoms with Crippen molar-refractivity contribution in [2.24, 2.45) is 18.7 Å². The summed E-state index contributed by atoms with van der Waals surface area (Å²) in [5.74, 6) is -0.776. The molecule has 0 spiro atoms. The molecule has 2 aromatic carbocycles. The van der Waals surface area contributed by atoms with E-state index >= 15 is 0 Å². The molecule has 0 saturated heterocycles. The topological polar surface area (TPSA) is 103 Å². The molecule has 196 valence electrons. The maximum atomic E-state index is 14.6. The average molecular weight is 519 g/mol. The Morgan fingerprint density at radius 3 is 2.68 bits per heavy atom. The molecule has 1 saturated carbocycles. The predicted octanol–water partition coefficient (Wildman–Crippen LogP) is 4.74. The van der Waals surface area contributed by atoms with Gasteiger partial charge in [-0.3, -0.25) is 9.48 Å². The van der Waals surface area contributed by atoms with Crippen molar-refractivity contribution in [2.75, 3.05) is 6.61 Å². The first kappa shape index (κ1) is 24.6. The quantitative estimate of drug-likeness (QED) is 0.343. The summed E-state index contributed by atoms with van der Waals surface area (Å²) in [5, 5.41) is 16.7. The first-order valence-corrected chi connectivity index (χ1v) is 12.7. The molecule has 1 aliphatic carbocycles. The Balaban J connectivity index is 1.36. The number of ether oxygens (including phenoxy) is 1. The second-order valence-corrected chi connectivity index (χ2v) is 10.8. The number of aliphatic hydroxyl groups is 1. The van der Waals surface area contributed by atoms with Crippen molar-refractivity contribution < 1.29 is 23.4 Å². The normalized spacial score (nSPS) is 20.3. The highest BCUT2D eigenvalue weighted by molar-refractivity contribution is 5.99. The highest BCUT2D eigenvalue weighted by Crippen LogP contribution is 2.51. The predicted molar refractivity (Wildman–Crippen MR) is 138 cm³/mol. The van der Waals surface area contributed by atoms with Gasteiger partial charge in [0, 0.05) is 41.7 Å². The Morgan fingerprint density at radius 2 is 1.97 bits per heavy atom. The molecule has 2 aromatic heterocycles. The van der Waals surface area contributed by atoms with Crippen LogP contribution in [-0.2, 0) is 18.2 Å². The van der Waals surface area contributed by atoms with E-state index in [1.54, 1.807) is 37.5 Å². The molecule has 6 rings (SSSR count). The average Bonchev–Trinajstić information content (AvgIpc) is 3.61. The Kier molecular flexibility index (Phi) is 5.62. The van der Waals surface area contributed by atoms with E-state index in [1.165, 1.54) is 22.9 Å². The Bertz CT molecular complexity index is 1580. The number of ketones is 1. The van der Waals surface area contributed by atoms with E-state index in [9.17, 15) is 18.7 Å².